The topological polar surface area (TPSA) is 12.5 Å². The van der Waals surface area contributed by atoms with Crippen LogP contribution in [0.4, 0.5) is 0 Å². The predicted molar refractivity (Wildman–Crippen MR) is 71.7 cm³/mol. The van der Waals surface area contributed by atoms with Crippen LogP contribution in [0.5, 0.6) is 5.75 Å². The molecule has 0 aromatic heterocycles. The lowest BCUT2D eigenvalue weighted by molar-refractivity contribution is 0.223. The van der Waals surface area contributed by atoms with Crippen molar-refractivity contribution >= 4 is 11.6 Å². The van der Waals surface area contributed by atoms with Gasteiger partial charge in [0.05, 0.1) is 7.11 Å². The van der Waals surface area contributed by atoms with Gasteiger partial charge in [-0.15, -0.1) is 0 Å². The zero-order valence-electron chi connectivity index (χ0n) is 10.7. The van der Waals surface area contributed by atoms with Crippen molar-refractivity contribution < 1.29 is 4.74 Å². The maximum atomic E-state index is 6.04. The molecule has 1 unspecified atom stereocenters. The van der Waals surface area contributed by atoms with Crippen LogP contribution in [0.1, 0.15) is 25.3 Å². The largest absolute Gasteiger partial charge is 0.496 e. The zero-order chi connectivity index (χ0) is 12.4. The molecule has 0 bridgehead atoms. The van der Waals surface area contributed by atoms with Gasteiger partial charge in [0.15, 0.2) is 0 Å². The number of nitrogens with zero attached hydrogens (tertiary/aromatic N) is 1. The molecule has 0 saturated heterocycles. The van der Waals surface area contributed by atoms with E-state index in [0.717, 1.165) is 28.8 Å². The van der Waals surface area contributed by atoms with E-state index in [-0.39, 0.29) is 0 Å². The molecule has 0 heterocycles. The number of ether oxygens (including phenoxy) is 1. The Labute approximate surface area is 109 Å². The van der Waals surface area contributed by atoms with E-state index in [4.69, 9.17) is 16.3 Å². The zero-order valence-corrected chi connectivity index (χ0v) is 11.5. The third-order valence-corrected chi connectivity index (χ3v) is 3.90. The molecule has 2 rings (SSSR count). The summed E-state index contributed by atoms with van der Waals surface area (Å²) in [5, 5.41) is 0.772. The van der Waals surface area contributed by atoms with Crippen LogP contribution in [-0.4, -0.2) is 25.1 Å². The summed E-state index contributed by atoms with van der Waals surface area (Å²) in [5.74, 6) is 1.80. The van der Waals surface area contributed by atoms with Gasteiger partial charge in [-0.25, -0.2) is 0 Å². The van der Waals surface area contributed by atoms with Crippen molar-refractivity contribution in [2.24, 2.45) is 5.92 Å². The average molecular weight is 254 g/mol. The molecular formula is C14H20ClNO. The van der Waals surface area contributed by atoms with Gasteiger partial charge in [-0.2, -0.15) is 0 Å². The van der Waals surface area contributed by atoms with Crippen molar-refractivity contribution in [3.8, 4) is 5.75 Å². The monoisotopic (exact) mass is 253 g/mol. The second kappa shape index (κ2) is 5.28. The molecule has 0 aliphatic heterocycles. The van der Waals surface area contributed by atoms with E-state index >= 15 is 0 Å². The van der Waals surface area contributed by atoms with E-state index in [9.17, 15) is 0 Å². The van der Waals surface area contributed by atoms with E-state index in [1.807, 2.05) is 18.2 Å². The van der Waals surface area contributed by atoms with Crippen molar-refractivity contribution in [1.29, 1.82) is 0 Å². The Morgan fingerprint density at radius 3 is 2.76 bits per heavy atom. The SMILES string of the molecule is COc1ccc(Cl)cc1CN(C)C(C)C1CC1. The maximum Gasteiger partial charge on any atom is 0.123 e. The first kappa shape index (κ1) is 12.7. The molecule has 1 aromatic carbocycles. The van der Waals surface area contributed by atoms with Crippen LogP contribution in [0.25, 0.3) is 0 Å². The molecule has 0 radical (unpaired) electrons. The van der Waals surface area contributed by atoms with Crippen molar-refractivity contribution in [1.82, 2.24) is 4.90 Å². The van der Waals surface area contributed by atoms with Gasteiger partial charge in [0, 0.05) is 23.2 Å². The molecule has 17 heavy (non-hydrogen) atoms. The Morgan fingerprint density at radius 2 is 2.18 bits per heavy atom. The first-order chi connectivity index (χ1) is 8.11. The highest BCUT2D eigenvalue weighted by Gasteiger charge is 2.30. The highest BCUT2D eigenvalue weighted by molar-refractivity contribution is 6.30. The summed E-state index contributed by atoms with van der Waals surface area (Å²) in [7, 11) is 3.88. The van der Waals surface area contributed by atoms with Crippen LogP contribution in [0.3, 0.4) is 0 Å². The highest BCUT2D eigenvalue weighted by Crippen LogP contribution is 2.35. The summed E-state index contributed by atoms with van der Waals surface area (Å²) in [6.45, 7) is 3.19. The molecule has 0 amide bonds. The van der Waals surface area contributed by atoms with Crippen LogP contribution < -0.4 is 4.74 Å². The number of benzene rings is 1. The standard InChI is InChI=1S/C14H20ClNO/c1-10(11-4-5-11)16(2)9-12-8-13(15)6-7-14(12)17-3/h6-8,10-11H,4-5,9H2,1-3H3. The Bertz CT molecular complexity index is 390. The summed E-state index contributed by atoms with van der Waals surface area (Å²) in [6.07, 6.45) is 2.75. The average Bonchev–Trinajstić information content (AvgIpc) is 3.12. The molecule has 1 aromatic rings. The van der Waals surface area contributed by atoms with Crippen LogP contribution in [0.15, 0.2) is 18.2 Å². The van der Waals surface area contributed by atoms with Gasteiger partial charge >= 0.3 is 0 Å². The van der Waals surface area contributed by atoms with Crippen LogP contribution in [0, 0.1) is 5.92 Å². The number of halogens is 1. The van der Waals surface area contributed by atoms with Gasteiger partial charge in [-0.3, -0.25) is 4.90 Å². The Balaban J connectivity index is 2.08. The predicted octanol–water partition coefficient (Wildman–Crippen LogP) is 3.58. The van der Waals surface area contributed by atoms with Crippen molar-refractivity contribution in [3.05, 3.63) is 28.8 Å². The fourth-order valence-electron chi connectivity index (χ4n) is 2.22. The molecule has 1 atom stereocenters. The van der Waals surface area contributed by atoms with Gasteiger partial charge in [0.1, 0.15) is 5.75 Å². The first-order valence-electron chi connectivity index (χ1n) is 6.14. The molecule has 1 fully saturated rings. The van der Waals surface area contributed by atoms with E-state index in [2.05, 4.69) is 18.9 Å². The van der Waals surface area contributed by atoms with E-state index in [1.54, 1.807) is 7.11 Å². The van der Waals surface area contributed by atoms with Gasteiger partial charge in [-0.1, -0.05) is 11.6 Å². The maximum absolute atomic E-state index is 6.04. The van der Waals surface area contributed by atoms with E-state index < -0.39 is 0 Å². The van der Waals surface area contributed by atoms with Crippen LogP contribution >= 0.6 is 11.6 Å². The third-order valence-electron chi connectivity index (χ3n) is 3.66. The van der Waals surface area contributed by atoms with Gasteiger partial charge in [-0.05, 0) is 50.9 Å². The minimum absolute atomic E-state index is 0.638. The summed E-state index contributed by atoms with van der Waals surface area (Å²) in [6, 6.07) is 6.44. The number of rotatable bonds is 5. The summed E-state index contributed by atoms with van der Waals surface area (Å²) >= 11 is 6.04. The minimum Gasteiger partial charge on any atom is -0.496 e. The van der Waals surface area contributed by atoms with E-state index in [0.29, 0.717) is 6.04 Å². The fourth-order valence-corrected chi connectivity index (χ4v) is 2.42. The Hall–Kier alpha value is -0.730. The Morgan fingerprint density at radius 1 is 1.47 bits per heavy atom. The lowest BCUT2D eigenvalue weighted by Crippen LogP contribution is -2.30. The quantitative estimate of drug-likeness (QED) is 0.795. The highest BCUT2D eigenvalue weighted by atomic mass is 35.5. The normalized spacial score (nSPS) is 17.2. The van der Waals surface area contributed by atoms with E-state index in [1.165, 1.54) is 12.8 Å². The van der Waals surface area contributed by atoms with Gasteiger partial charge < -0.3 is 4.74 Å². The molecule has 1 aliphatic carbocycles. The molecule has 3 heteroatoms. The summed E-state index contributed by atoms with van der Waals surface area (Å²) in [5.41, 5.74) is 1.16. The van der Waals surface area contributed by atoms with Crippen LogP contribution in [-0.2, 0) is 6.54 Å². The molecule has 94 valence electrons. The summed E-state index contributed by atoms with van der Waals surface area (Å²) < 4.78 is 5.37. The second-order valence-electron chi connectivity index (χ2n) is 4.95. The second-order valence-corrected chi connectivity index (χ2v) is 5.39. The molecule has 1 saturated carbocycles. The molecular weight excluding hydrogens is 234 g/mol. The summed E-state index contributed by atoms with van der Waals surface area (Å²) in [4.78, 5) is 2.38. The molecule has 1 aliphatic rings. The minimum atomic E-state index is 0.638. The number of methoxy groups -OCH3 is 1. The van der Waals surface area contributed by atoms with Crippen molar-refractivity contribution in [2.45, 2.75) is 32.4 Å². The lowest BCUT2D eigenvalue weighted by atomic mass is 10.1. The Kier molecular flexibility index (Phi) is 3.95. The van der Waals surface area contributed by atoms with Crippen molar-refractivity contribution in [3.63, 3.8) is 0 Å². The lowest BCUT2D eigenvalue weighted by Gasteiger charge is -2.25. The smallest absolute Gasteiger partial charge is 0.123 e. The number of hydrogen-bond acceptors (Lipinski definition) is 2. The first-order valence-corrected chi connectivity index (χ1v) is 6.52. The van der Waals surface area contributed by atoms with Crippen LogP contribution in [0.2, 0.25) is 5.02 Å². The fraction of sp³-hybridized carbons (Fsp3) is 0.571. The molecule has 0 spiro atoms. The molecule has 0 N–H and O–H groups in total. The third kappa shape index (κ3) is 3.14. The van der Waals surface area contributed by atoms with Crippen molar-refractivity contribution in [2.75, 3.05) is 14.2 Å². The molecule has 2 nitrogen and oxygen atoms in total. The van der Waals surface area contributed by atoms with Gasteiger partial charge in [0.2, 0.25) is 0 Å². The number of hydrogen-bond donors (Lipinski definition) is 0. The van der Waals surface area contributed by atoms with Gasteiger partial charge in [0.25, 0.3) is 0 Å².